The van der Waals surface area contributed by atoms with Gasteiger partial charge in [-0.2, -0.15) is 4.31 Å². The van der Waals surface area contributed by atoms with Gasteiger partial charge in [0.15, 0.2) is 12.4 Å². The number of carbonyl (C=O) groups excluding carboxylic acids is 1. The zero-order valence-electron chi connectivity index (χ0n) is 20.4. The van der Waals surface area contributed by atoms with Crippen molar-refractivity contribution in [2.45, 2.75) is 39.5 Å². The third-order valence-corrected chi connectivity index (χ3v) is 7.90. The first kappa shape index (κ1) is 26.1. The molecule has 0 bridgehead atoms. The lowest BCUT2D eigenvalue weighted by atomic mass is 10.1. The molecule has 1 aromatic heterocycles. The number of rotatable bonds is 10. The molecule has 1 heterocycles. The molecular formula is C25H29N3O6S. The topological polar surface area (TPSA) is 112 Å². The minimum absolute atomic E-state index is 0.172. The molecule has 35 heavy (non-hydrogen) atoms. The average Bonchev–Trinajstić information content (AvgIpc) is 3.12. The molecule has 0 radical (unpaired) electrons. The number of nitro groups is 1. The van der Waals surface area contributed by atoms with Gasteiger partial charge >= 0.3 is 5.69 Å². The van der Waals surface area contributed by atoms with E-state index in [9.17, 15) is 23.3 Å². The van der Waals surface area contributed by atoms with Crippen LogP contribution in [0.25, 0.3) is 5.69 Å². The zero-order valence-corrected chi connectivity index (χ0v) is 21.3. The van der Waals surface area contributed by atoms with Gasteiger partial charge in [0.1, 0.15) is 0 Å². The predicted octanol–water partition coefficient (Wildman–Crippen LogP) is 4.60. The van der Waals surface area contributed by atoms with E-state index in [2.05, 4.69) is 0 Å². The maximum atomic E-state index is 13.0. The summed E-state index contributed by atoms with van der Waals surface area (Å²) in [4.78, 5) is 23.7. The highest BCUT2D eigenvalue weighted by atomic mass is 32.2. The van der Waals surface area contributed by atoms with Crippen LogP contribution >= 0.6 is 0 Å². The predicted molar refractivity (Wildman–Crippen MR) is 133 cm³/mol. The van der Waals surface area contributed by atoms with Crippen molar-refractivity contribution in [3.8, 4) is 11.4 Å². The van der Waals surface area contributed by atoms with E-state index in [-0.39, 0.29) is 29.5 Å². The van der Waals surface area contributed by atoms with Crippen molar-refractivity contribution in [3.63, 3.8) is 0 Å². The Morgan fingerprint density at radius 1 is 1.03 bits per heavy atom. The Labute approximate surface area is 205 Å². The molecule has 0 saturated carbocycles. The molecule has 0 spiro atoms. The molecule has 0 aliphatic carbocycles. The number of sulfonamides is 1. The molecule has 9 nitrogen and oxygen atoms in total. The fourth-order valence-electron chi connectivity index (χ4n) is 3.99. The smallest absolute Gasteiger partial charge is 0.312 e. The quantitative estimate of drug-likeness (QED) is 0.229. The molecule has 0 aliphatic rings. The Balaban J connectivity index is 1.86. The first-order chi connectivity index (χ1) is 16.5. The van der Waals surface area contributed by atoms with Gasteiger partial charge in [-0.15, -0.1) is 0 Å². The molecule has 0 saturated heterocycles. The van der Waals surface area contributed by atoms with Gasteiger partial charge in [0.25, 0.3) is 0 Å². The Morgan fingerprint density at radius 2 is 1.66 bits per heavy atom. The van der Waals surface area contributed by atoms with Crippen LogP contribution in [0.4, 0.5) is 5.69 Å². The van der Waals surface area contributed by atoms with Crippen LogP contribution in [0.5, 0.6) is 5.75 Å². The van der Waals surface area contributed by atoms with Crippen LogP contribution in [0.1, 0.15) is 41.2 Å². The van der Waals surface area contributed by atoms with Crippen molar-refractivity contribution in [1.29, 1.82) is 0 Å². The third kappa shape index (κ3) is 5.28. The summed E-state index contributed by atoms with van der Waals surface area (Å²) in [5.74, 6) is -0.514. The molecule has 10 heteroatoms. The standard InChI is InChI=1S/C25H29N3O6S/c1-6-26(7-2)35(32,33)21-12-13-25(23(15-21)28(30)31)34-16-24(29)22-14-18(4)27(19(22)5)20-10-8-17(3)9-11-20/h8-15H,6-7,16H2,1-5H3. The SMILES string of the molecule is CCN(CC)S(=O)(=O)c1ccc(OCC(=O)c2cc(C)n(-c3ccc(C)cc3)c2C)c([N+](=O)[O-])c1. The number of aromatic nitrogens is 1. The van der Waals surface area contributed by atoms with Crippen molar-refractivity contribution in [2.75, 3.05) is 19.7 Å². The summed E-state index contributed by atoms with van der Waals surface area (Å²) in [6.07, 6.45) is 0. The monoisotopic (exact) mass is 499 g/mol. The van der Waals surface area contributed by atoms with Crippen molar-refractivity contribution >= 4 is 21.5 Å². The largest absolute Gasteiger partial charge is 0.478 e. The van der Waals surface area contributed by atoms with E-state index in [0.29, 0.717) is 5.56 Å². The Hall–Kier alpha value is -3.50. The van der Waals surface area contributed by atoms with Crippen LogP contribution in [-0.4, -0.2) is 47.7 Å². The summed E-state index contributed by atoms with van der Waals surface area (Å²) in [5, 5.41) is 11.6. The number of ketones is 1. The molecular weight excluding hydrogens is 470 g/mol. The van der Waals surface area contributed by atoms with E-state index in [4.69, 9.17) is 4.74 Å². The van der Waals surface area contributed by atoms with Crippen LogP contribution in [-0.2, 0) is 10.0 Å². The Bertz CT molecular complexity index is 1360. The number of benzene rings is 2. The first-order valence-corrected chi connectivity index (χ1v) is 12.7. The van der Waals surface area contributed by atoms with Crippen LogP contribution in [0, 0.1) is 30.9 Å². The Morgan fingerprint density at radius 3 is 2.23 bits per heavy atom. The Kier molecular flexibility index (Phi) is 7.76. The van der Waals surface area contributed by atoms with Gasteiger partial charge in [-0.3, -0.25) is 14.9 Å². The van der Waals surface area contributed by atoms with Gasteiger partial charge in [0.2, 0.25) is 15.8 Å². The summed E-state index contributed by atoms with van der Waals surface area (Å²) in [7, 11) is -3.88. The minimum atomic E-state index is -3.88. The fourth-order valence-corrected chi connectivity index (χ4v) is 5.47. The second-order valence-electron chi connectivity index (χ2n) is 8.14. The average molecular weight is 500 g/mol. The van der Waals surface area contributed by atoms with E-state index in [1.54, 1.807) is 19.9 Å². The van der Waals surface area contributed by atoms with Gasteiger partial charge in [-0.1, -0.05) is 31.5 Å². The summed E-state index contributed by atoms with van der Waals surface area (Å²) < 4.78 is 34.2. The van der Waals surface area contributed by atoms with Crippen molar-refractivity contribution < 1.29 is 22.9 Å². The number of aryl methyl sites for hydroxylation is 2. The normalized spacial score (nSPS) is 11.6. The molecule has 186 valence electrons. The highest BCUT2D eigenvalue weighted by molar-refractivity contribution is 7.89. The van der Waals surface area contributed by atoms with Crippen LogP contribution < -0.4 is 4.74 Å². The van der Waals surface area contributed by atoms with Gasteiger partial charge in [-0.25, -0.2) is 8.42 Å². The maximum Gasteiger partial charge on any atom is 0.312 e. The number of carbonyl (C=O) groups is 1. The lowest BCUT2D eigenvalue weighted by Gasteiger charge is -2.18. The highest BCUT2D eigenvalue weighted by Crippen LogP contribution is 2.31. The molecule has 0 amide bonds. The number of hydrogen-bond donors (Lipinski definition) is 0. The molecule has 3 aromatic rings. The van der Waals surface area contributed by atoms with Crippen LogP contribution in [0.3, 0.4) is 0 Å². The first-order valence-electron chi connectivity index (χ1n) is 11.2. The molecule has 3 rings (SSSR count). The molecule has 0 atom stereocenters. The van der Waals surface area contributed by atoms with Crippen molar-refractivity contribution in [1.82, 2.24) is 8.87 Å². The lowest BCUT2D eigenvalue weighted by Crippen LogP contribution is -2.30. The second kappa shape index (κ2) is 10.4. The van der Waals surface area contributed by atoms with Gasteiger partial charge in [-0.05, 0) is 51.1 Å². The summed E-state index contributed by atoms with van der Waals surface area (Å²) in [6.45, 7) is 9.14. The van der Waals surface area contributed by atoms with Crippen LogP contribution in [0.15, 0.2) is 53.4 Å². The summed E-state index contributed by atoms with van der Waals surface area (Å²) in [6, 6.07) is 13.1. The number of nitrogens with zero attached hydrogens (tertiary/aromatic N) is 3. The van der Waals surface area contributed by atoms with Crippen LogP contribution in [0.2, 0.25) is 0 Å². The van der Waals surface area contributed by atoms with Gasteiger partial charge < -0.3 is 9.30 Å². The molecule has 0 fully saturated rings. The number of hydrogen-bond acceptors (Lipinski definition) is 6. The van der Waals surface area contributed by atoms with Gasteiger partial charge in [0, 0.05) is 41.8 Å². The lowest BCUT2D eigenvalue weighted by molar-refractivity contribution is -0.386. The molecule has 2 aromatic carbocycles. The molecule has 0 unspecified atom stereocenters. The summed E-state index contributed by atoms with van der Waals surface area (Å²) >= 11 is 0. The van der Waals surface area contributed by atoms with E-state index in [1.807, 2.05) is 49.6 Å². The van der Waals surface area contributed by atoms with Crippen molar-refractivity contribution in [3.05, 3.63) is 81.2 Å². The van der Waals surface area contributed by atoms with E-state index >= 15 is 0 Å². The fraction of sp³-hybridized carbons (Fsp3) is 0.320. The number of nitro benzene ring substituents is 1. The minimum Gasteiger partial charge on any atom is -0.478 e. The second-order valence-corrected chi connectivity index (χ2v) is 10.1. The van der Waals surface area contributed by atoms with Crippen molar-refractivity contribution in [2.24, 2.45) is 0 Å². The number of ether oxygens (including phenoxy) is 1. The highest BCUT2D eigenvalue weighted by Gasteiger charge is 2.27. The zero-order chi connectivity index (χ0) is 25.9. The third-order valence-electron chi connectivity index (χ3n) is 5.85. The van der Waals surface area contributed by atoms with E-state index in [1.165, 1.54) is 16.4 Å². The molecule has 0 aliphatic heterocycles. The van der Waals surface area contributed by atoms with E-state index < -0.39 is 27.2 Å². The molecule has 0 N–H and O–H groups in total. The maximum absolute atomic E-state index is 13.0. The van der Waals surface area contributed by atoms with E-state index in [0.717, 1.165) is 28.7 Å². The number of Topliss-reactive ketones (excluding diaryl/α,β-unsaturated/α-hetero) is 1. The summed E-state index contributed by atoms with van der Waals surface area (Å²) in [5.41, 5.74) is 3.58. The van der Waals surface area contributed by atoms with Gasteiger partial charge in [0.05, 0.1) is 9.82 Å².